The zero-order valence-corrected chi connectivity index (χ0v) is 17.7. The maximum absolute atomic E-state index is 12.9. The molecular weight excluding hydrogens is 415 g/mol. The summed E-state index contributed by atoms with van der Waals surface area (Å²) in [5.41, 5.74) is 0. The maximum Gasteiger partial charge on any atom is 0.251 e. The van der Waals surface area contributed by atoms with Crippen molar-refractivity contribution >= 4 is 39.1 Å². The largest absolute Gasteiger partial charge is 0.379 e. The Hall–Kier alpha value is -0.900. The van der Waals surface area contributed by atoms with Gasteiger partial charge in [-0.2, -0.15) is 4.31 Å². The van der Waals surface area contributed by atoms with Crippen LogP contribution in [-0.4, -0.2) is 75.6 Å². The van der Waals surface area contributed by atoms with E-state index in [1.807, 2.05) is 6.92 Å². The quantitative estimate of drug-likeness (QED) is 0.581. The van der Waals surface area contributed by atoms with Gasteiger partial charge in [0.05, 0.1) is 23.3 Å². The standard InChI is InChI=1S/C17H24Cl2N2O5S/c1-3-25-11-12-26-13(2)17(22)20-7-9-21(10-8-20)27(23,24)16-14(18)5-4-6-15(16)19/h4-6,13H,3,7-12H2,1-2H3. The van der Waals surface area contributed by atoms with E-state index in [4.69, 9.17) is 32.7 Å². The van der Waals surface area contributed by atoms with Crippen molar-refractivity contribution in [1.82, 2.24) is 9.21 Å². The first-order valence-corrected chi connectivity index (χ1v) is 10.9. The van der Waals surface area contributed by atoms with E-state index in [-0.39, 0.29) is 47.0 Å². The number of sulfonamides is 1. The summed E-state index contributed by atoms with van der Waals surface area (Å²) in [7, 11) is -3.83. The Morgan fingerprint density at radius 3 is 2.30 bits per heavy atom. The fraction of sp³-hybridized carbons (Fsp3) is 0.588. The number of carbonyl (C=O) groups excluding carboxylic acids is 1. The van der Waals surface area contributed by atoms with Crippen LogP contribution in [0.25, 0.3) is 0 Å². The molecule has 2 rings (SSSR count). The molecule has 0 radical (unpaired) electrons. The molecule has 1 unspecified atom stereocenters. The van der Waals surface area contributed by atoms with Crippen LogP contribution >= 0.6 is 23.2 Å². The van der Waals surface area contributed by atoms with Gasteiger partial charge in [0, 0.05) is 32.8 Å². The molecule has 1 atom stereocenters. The van der Waals surface area contributed by atoms with Crippen LogP contribution in [0.15, 0.2) is 23.1 Å². The fourth-order valence-corrected chi connectivity index (χ4v) is 5.28. The van der Waals surface area contributed by atoms with Gasteiger partial charge in [0.1, 0.15) is 11.0 Å². The Morgan fingerprint density at radius 2 is 1.74 bits per heavy atom. The highest BCUT2D eigenvalue weighted by Gasteiger charge is 2.34. The molecule has 1 heterocycles. The van der Waals surface area contributed by atoms with Crippen molar-refractivity contribution in [2.75, 3.05) is 46.0 Å². The van der Waals surface area contributed by atoms with E-state index in [1.54, 1.807) is 17.9 Å². The highest BCUT2D eigenvalue weighted by atomic mass is 35.5. The second-order valence-corrected chi connectivity index (χ2v) is 8.68. The third kappa shape index (κ3) is 5.56. The van der Waals surface area contributed by atoms with Crippen LogP contribution in [0, 0.1) is 0 Å². The summed E-state index contributed by atoms with van der Waals surface area (Å²) >= 11 is 12.1. The van der Waals surface area contributed by atoms with Gasteiger partial charge in [0.25, 0.3) is 5.91 Å². The van der Waals surface area contributed by atoms with Crippen LogP contribution in [0.3, 0.4) is 0 Å². The molecule has 0 saturated carbocycles. The lowest BCUT2D eigenvalue weighted by molar-refractivity contribution is -0.144. The molecule has 1 amide bonds. The van der Waals surface area contributed by atoms with Crippen molar-refractivity contribution in [3.05, 3.63) is 28.2 Å². The minimum atomic E-state index is -3.83. The number of ether oxygens (including phenoxy) is 2. The Labute approximate surface area is 170 Å². The summed E-state index contributed by atoms with van der Waals surface area (Å²) in [6.45, 7) is 5.82. The normalized spacial score (nSPS) is 17.1. The lowest BCUT2D eigenvalue weighted by Crippen LogP contribution is -2.52. The van der Waals surface area contributed by atoms with E-state index < -0.39 is 16.1 Å². The van der Waals surface area contributed by atoms with Gasteiger partial charge in [-0.15, -0.1) is 0 Å². The summed E-state index contributed by atoms with van der Waals surface area (Å²) in [5, 5.41) is 0.162. The molecule has 7 nitrogen and oxygen atoms in total. The average Bonchev–Trinajstić information content (AvgIpc) is 2.64. The van der Waals surface area contributed by atoms with E-state index in [0.717, 1.165) is 0 Å². The molecule has 0 spiro atoms. The van der Waals surface area contributed by atoms with Gasteiger partial charge < -0.3 is 14.4 Å². The van der Waals surface area contributed by atoms with Gasteiger partial charge in [0.15, 0.2) is 0 Å². The van der Waals surface area contributed by atoms with Crippen molar-refractivity contribution in [2.45, 2.75) is 24.8 Å². The van der Waals surface area contributed by atoms with Crippen molar-refractivity contribution < 1.29 is 22.7 Å². The Balaban J connectivity index is 1.95. The number of rotatable bonds is 8. The SMILES string of the molecule is CCOCCOC(C)C(=O)N1CCN(S(=O)(=O)c2c(Cl)cccc2Cl)CC1. The maximum atomic E-state index is 12.9. The Bertz CT molecular complexity index is 731. The Kier molecular flexibility index (Phi) is 8.33. The molecule has 10 heteroatoms. The number of nitrogens with zero attached hydrogens (tertiary/aromatic N) is 2. The molecule has 1 aliphatic heterocycles. The first-order valence-electron chi connectivity index (χ1n) is 8.71. The molecule has 0 N–H and O–H groups in total. The average molecular weight is 439 g/mol. The highest BCUT2D eigenvalue weighted by molar-refractivity contribution is 7.89. The third-order valence-electron chi connectivity index (χ3n) is 4.21. The lowest BCUT2D eigenvalue weighted by Gasteiger charge is -2.35. The van der Waals surface area contributed by atoms with Crippen LogP contribution in [0.1, 0.15) is 13.8 Å². The van der Waals surface area contributed by atoms with Gasteiger partial charge in [0.2, 0.25) is 10.0 Å². The molecule has 1 aliphatic rings. The number of piperazine rings is 1. The second kappa shape index (κ2) is 10.0. The topological polar surface area (TPSA) is 76.2 Å². The summed E-state index contributed by atoms with van der Waals surface area (Å²) in [6, 6.07) is 4.57. The van der Waals surface area contributed by atoms with Crippen molar-refractivity contribution in [2.24, 2.45) is 0 Å². The number of halogens is 2. The van der Waals surface area contributed by atoms with Crippen LogP contribution in [0.5, 0.6) is 0 Å². The molecule has 0 bridgehead atoms. The first-order chi connectivity index (χ1) is 12.8. The van der Waals surface area contributed by atoms with Crippen molar-refractivity contribution in [3.63, 3.8) is 0 Å². The molecule has 1 aromatic carbocycles. The number of hydrogen-bond acceptors (Lipinski definition) is 5. The summed E-state index contributed by atoms with van der Waals surface area (Å²) < 4.78 is 37.7. The van der Waals surface area contributed by atoms with Gasteiger partial charge in [-0.05, 0) is 26.0 Å². The monoisotopic (exact) mass is 438 g/mol. The van der Waals surface area contributed by atoms with Crippen molar-refractivity contribution in [1.29, 1.82) is 0 Å². The molecule has 152 valence electrons. The predicted molar refractivity (Wildman–Crippen MR) is 104 cm³/mol. The van der Waals surface area contributed by atoms with E-state index in [1.165, 1.54) is 16.4 Å². The number of benzene rings is 1. The fourth-order valence-electron chi connectivity index (χ4n) is 2.76. The van der Waals surface area contributed by atoms with Crippen LogP contribution < -0.4 is 0 Å². The molecule has 1 fully saturated rings. The Morgan fingerprint density at radius 1 is 1.15 bits per heavy atom. The van der Waals surface area contributed by atoms with Crippen LogP contribution in [0.2, 0.25) is 10.0 Å². The lowest BCUT2D eigenvalue weighted by atomic mass is 10.3. The van der Waals surface area contributed by atoms with E-state index in [9.17, 15) is 13.2 Å². The smallest absolute Gasteiger partial charge is 0.251 e. The van der Waals surface area contributed by atoms with E-state index in [2.05, 4.69) is 0 Å². The van der Waals surface area contributed by atoms with Crippen LogP contribution in [-0.2, 0) is 24.3 Å². The van der Waals surface area contributed by atoms with Crippen LogP contribution in [0.4, 0.5) is 0 Å². The molecular formula is C17H24Cl2N2O5S. The molecule has 1 saturated heterocycles. The second-order valence-electron chi connectivity index (χ2n) is 5.99. The number of carbonyl (C=O) groups is 1. The van der Waals surface area contributed by atoms with E-state index >= 15 is 0 Å². The minimum absolute atomic E-state index is 0.0809. The molecule has 1 aromatic rings. The van der Waals surface area contributed by atoms with Gasteiger partial charge >= 0.3 is 0 Å². The summed E-state index contributed by atoms with van der Waals surface area (Å²) in [5.74, 6) is -0.167. The van der Waals surface area contributed by atoms with Gasteiger partial charge in [-0.25, -0.2) is 8.42 Å². The summed E-state index contributed by atoms with van der Waals surface area (Å²) in [4.78, 5) is 14.0. The summed E-state index contributed by atoms with van der Waals surface area (Å²) in [6.07, 6.45) is -0.605. The van der Waals surface area contributed by atoms with Gasteiger partial charge in [-0.3, -0.25) is 4.79 Å². The molecule has 0 aliphatic carbocycles. The zero-order valence-electron chi connectivity index (χ0n) is 15.4. The minimum Gasteiger partial charge on any atom is -0.379 e. The molecule has 27 heavy (non-hydrogen) atoms. The zero-order chi connectivity index (χ0) is 20.0. The van der Waals surface area contributed by atoms with E-state index in [0.29, 0.717) is 19.8 Å². The number of amides is 1. The molecule has 0 aromatic heterocycles. The third-order valence-corrected chi connectivity index (χ3v) is 7.07. The van der Waals surface area contributed by atoms with Crippen molar-refractivity contribution in [3.8, 4) is 0 Å². The predicted octanol–water partition coefficient (Wildman–Crippen LogP) is 2.27. The van der Waals surface area contributed by atoms with Gasteiger partial charge in [-0.1, -0.05) is 29.3 Å². The highest BCUT2D eigenvalue weighted by Crippen LogP contribution is 2.31. The first kappa shape index (κ1) is 22.4. The number of hydrogen-bond donors (Lipinski definition) is 0.